The molecule has 6 nitrogen and oxygen atoms in total. The summed E-state index contributed by atoms with van der Waals surface area (Å²) in [6.45, 7) is 3.30. The number of benzene rings is 2. The first-order valence-corrected chi connectivity index (χ1v) is 12.6. The number of rotatable bonds is 5. The molecule has 2 heterocycles. The molecular formula is C27H36N4O2+2. The Balaban J connectivity index is 1.21. The predicted molar refractivity (Wildman–Crippen MR) is 127 cm³/mol. The first-order chi connectivity index (χ1) is 16.2. The largest absolute Gasteiger partial charge is 0.342 e. The molecule has 3 atom stereocenters. The lowest BCUT2D eigenvalue weighted by molar-refractivity contribution is -0.929. The van der Waals surface area contributed by atoms with Gasteiger partial charge in [-0.25, -0.2) is 0 Å². The molecular weight excluding hydrogens is 412 g/mol. The summed E-state index contributed by atoms with van der Waals surface area (Å²) in [6.07, 6.45) is 4.94. The third-order valence-electron chi connectivity index (χ3n) is 7.79. The van der Waals surface area contributed by atoms with Crippen molar-refractivity contribution in [3.8, 4) is 0 Å². The molecule has 2 aliphatic heterocycles. The highest BCUT2D eigenvalue weighted by atomic mass is 16.2. The Hall–Kier alpha value is -2.70. The molecule has 6 heteroatoms. The van der Waals surface area contributed by atoms with E-state index in [1.807, 2.05) is 4.90 Å². The molecule has 33 heavy (non-hydrogen) atoms. The molecule has 2 amide bonds. The quantitative estimate of drug-likeness (QED) is 0.615. The Morgan fingerprint density at radius 3 is 2.21 bits per heavy atom. The van der Waals surface area contributed by atoms with E-state index in [4.69, 9.17) is 0 Å². The second-order valence-corrected chi connectivity index (χ2v) is 9.86. The van der Waals surface area contributed by atoms with Crippen molar-refractivity contribution in [1.29, 1.82) is 0 Å². The molecule has 0 radical (unpaired) electrons. The van der Waals surface area contributed by atoms with Crippen molar-refractivity contribution in [3.63, 3.8) is 0 Å². The molecule has 2 saturated heterocycles. The van der Waals surface area contributed by atoms with E-state index in [1.165, 1.54) is 28.9 Å². The summed E-state index contributed by atoms with van der Waals surface area (Å²) < 4.78 is 0. The number of nitrogens with one attached hydrogen (secondary N) is 2. The summed E-state index contributed by atoms with van der Waals surface area (Å²) in [6, 6.07) is 22.1. The normalized spacial score (nSPS) is 26.0. The van der Waals surface area contributed by atoms with Crippen LogP contribution in [0.15, 0.2) is 60.7 Å². The van der Waals surface area contributed by atoms with E-state index in [-0.39, 0.29) is 29.9 Å². The third-order valence-corrected chi connectivity index (χ3v) is 7.79. The Bertz CT molecular complexity index is 904. The van der Waals surface area contributed by atoms with Crippen molar-refractivity contribution >= 4 is 11.8 Å². The fourth-order valence-electron chi connectivity index (χ4n) is 6.01. The average Bonchev–Trinajstić information content (AvgIpc) is 2.86. The average molecular weight is 449 g/mol. The van der Waals surface area contributed by atoms with Gasteiger partial charge in [-0.05, 0) is 12.8 Å². The van der Waals surface area contributed by atoms with Crippen LogP contribution in [0.3, 0.4) is 0 Å². The number of nitrogens with zero attached hydrogens (tertiary/aromatic N) is 1. The summed E-state index contributed by atoms with van der Waals surface area (Å²) in [5, 5.41) is 5.37. The van der Waals surface area contributed by atoms with Crippen molar-refractivity contribution < 1.29 is 19.8 Å². The van der Waals surface area contributed by atoms with Gasteiger partial charge in [0.1, 0.15) is 12.1 Å². The predicted octanol–water partition coefficient (Wildman–Crippen LogP) is 0.266. The van der Waals surface area contributed by atoms with Crippen LogP contribution in [0.2, 0.25) is 0 Å². The second kappa shape index (κ2) is 10.1. The van der Waals surface area contributed by atoms with Crippen molar-refractivity contribution in [2.45, 2.75) is 56.3 Å². The van der Waals surface area contributed by atoms with Gasteiger partial charge in [0, 0.05) is 17.5 Å². The van der Waals surface area contributed by atoms with Gasteiger partial charge in [-0.3, -0.25) is 9.59 Å². The summed E-state index contributed by atoms with van der Waals surface area (Å²) in [5.74, 6) is 0.166. The van der Waals surface area contributed by atoms with Gasteiger partial charge in [-0.1, -0.05) is 67.1 Å². The van der Waals surface area contributed by atoms with Gasteiger partial charge in [0.25, 0.3) is 5.91 Å². The number of hydrogen-bond donors (Lipinski definition) is 3. The first-order valence-electron chi connectivity index (χ1n) is 12.6. The standard InChI is InChI=1S/C27H34N4O2/c32-25(19-24-27(33)29-23-14-8-7-13-22(23)28-24)30-15-17-31(18-16-30)26(20-9-3-1-4-10-20)21-11-5-2-6-12-21/h1-6,9-12,22-24,26,28H,7-8,13-19H2,(H,29,33)/p+2/t22-,23-,24-/m0/s1. The Morgan fingerprint density at radius 1 is 0.970 bits per heavy atom. The van der Waals surface area contributed by atoms with Crippen LogP contribution in [-0.2, 0) is 9.59 Å². The number of carbonyl (C=O) groups excluding carboxylic acids is 2. The van der Waals surface area contributed by atoms with Crippen molar-refractivity contribution in [2.24, 2.45) is 0 Å². The van der Waals surface area contributed by atoms with E-state index < -0.39 is 0 Å². The SMILES string of the molecule is O=C1N[C@H]2CCCC[C@@H]2[NH2+][C@H]1CC(=O)N1CC[NH+](C(c2ccccc2)c2ccccc2)CC1. The van der Waals surface area contributed by atoms with E-state index in [0.29, 0.717) is 12.5 Å². The smallest absolute Gasteiger partial charge is 0.279 e. The summed E-state index contributed by atoms with van der Waals surface area (Å²) in [4.78, 5) is 29.2. The highest BCUT2D eigenvalue weighted by Gasteiger charge is 2.41. The number of amides is 2. The molecule has 3 aliphatic rings. The lowest BCUT2D eigenvalue weighted by Gasteiger charge is -2.39. The van der Waals surface area contributed by atoms with Crippen LogP contribution in [0.4, 0.5) is 0 Å². The maximum Gasteiger partial charge on any atom is 0.279 e. The number of nitrogens with two attached hydrogens (primary N) is 1. The second-order valence-electron chi connectivity index (χ2n) is 9.86. The van der Waals surface area contributed by atoms with Gasteiger partial charge in [0.05, 0.1) is 38.6 Å². The van der Waals surface area contributed by atoms with Crippen molar-refractivity contribution in [3.05, 3.63) is 71.8 Å². The fraction of sp³-hybridized carbons (Fsp3) is 0.481. The van der Waals surface area contributed by atoms with Gasteiger partial charge in [-0.15, -0.1) is 0 Å². The lowest BCUT2D eigenvalue weighted by Crippen LogP contribution is -3.15. The highest BCUT2D eigenvalue weighted by Crippen LogP contribution is 2.20. The van der Waals surface area contributed by atoms with Crippen LogP contribution in [0, 0.1) is 0 Å². The van der Waals surface area contributed by atoms with Crippen molar-refractivity contribution in [1.82, 2.24) is 10.2 Å². The van der Waals surface area contributed by atoms with Gasteiger partial charge < -0.3 is 20.4 Å². The summed E-state index contributed by atoms with van der Waals surface area (Å²) in [5.41, 5.74) is 2.63. The molecule has 0 spiro atoms. The molecule has 0 unspecified atom stereocenters. The minimum atomic E-state index is -0.274. The highest BCUT2D eigenvalue weighted by molar-refractivity contribution is 5.87. The zero-order valence-corrected chi connectivity index (χ0v) is 19.3. The van der Waals surface area contributed by atoms with E-state index in [9.17, 15) is 9.59 Å². The molecule has 1 aliphatic carbocycles. The molecule has 0 bridgehead atoms. The molecule has 0 aromatic heterocycles. The number of quaternary nitrogens is 2. The Kier molecular flexibility index (Phi) is 6.74. The fourth-order valence-corrected chi connectivity index (χ4v) is 6.01. The minimum Gasteiger partial charge on any atom is -0.342 e. The van der Waals surface area contributed by atoms with E-state index in [1.54, 1.807) is 0 Å². The third kappa shape index (κ3) is 4.97. The van der Waals surface area contributed by atoms with Gasteiger partial charge >= 0.3 is 0 Å². The minimum absolute atomic E-state index is 0.0454. The van der Waals surface area contributed by atoms with E-state index in [2.05, 4.69) is 71.3 Å². The van der Waals surface area contributed by atoms with Crippen LogP contribution in [0.25, 0.3) is 0 Å². The first kappa shape index (κ1) is 22.1. The van der Waals surface area contributed by atoms with Crippen LogP contribution in [-0.4, -0.2) is 61.0 Å². The number of piperazine rings is 2. The molecule has 2 aromatic carbocycles. The van der Waals surface area contributed by atoms with E-state index in [0.717, 1.165) is 39.0 Å². The van der Waals surface area contributed by atoms with Gasteiger partial charge in [0.2, 0.25) is 5.91 Å². The van der Waals surface area contributed by atoms with Gasteiger partial charge in [-0.2, -0.15) is 0 Å². The van der Waals surface area contributed by atoms with Crippen LogP contribution in [0.5, 0.6) is 0 Å². The molecule has 2 aromatic rings. The maximum atomic E-state index is 13.1. The van der Waals surface area contributed by atoms with Crippen molar-refractivity contribution in [2.75, 3.05) is 26.2 Å². The molecule has 174 valence electrons. The number of fused-ring (bicyclic) bond motifs is 1. The topological polar surface area (TPSA) is 70.5 Å². The Morgan fingerprint density at radius 2 is 1.58 bits per heavy atom. The summed E-state index contributed by atoms with van der Waals surface area (Å²) in [7, 11) is 0. The van der Waals surface area contributed by atoms with Crippen LogP contribution in [0.1, 0.15) is 49.3 Å². The zero-order valence-electron chi connectivity index (χ0n) is 19.3. The molecule has 5 rings (SSSR count). The van der Waals surface area contributed by atoms with Crippen LogP contribution >= 0.6 is 0 Å². The number of carbonyl (C=O) groups is 2. The van der Waals surface area contributed by atoms with Crippen LogP contribution < -0.4 is 15.5 Å². The Labute approximate surface area is 196 Å². The lowest BCUT2D eigenvalue weighted by atomic mass is 9.87. The monoisotopic (exact) mass is 448 g/mol. The molecule has 4 N–H and O–H groups in total. The molecule has 3 fully saturated rings. The summed E-state index contributed by atoms with van der Waals surface area (Å²) >= 11 is 0. The van der Waals surface area contributed by atoms with E-state index >= 15 is 0 Å². The maximum absolute atomic E-state index is 13.1. The van der Waals surface area contributed by atoms with Gasteiger partial charge in [0.15, 0.2) is 6.04 Å². The molecule has 1 saturated carbocycles. The number of hydrogen-bond acceptors (Lipinski definition) is 2. The zero-order chi connectivity index (χ0) is 22.6.